The number of ether oxygens (including phenoxy) is 1. The van der Waals surface area contributed by atoms with Gasteiger partial charge in [-0.25, -0.2) is 4.79 Å². The van der Waals surface area contributed by atoms with Crippen LogP contribution in [0.4, 0.5) is 62.6 Å². The first-order chi connectivity index (χ1) is 14.9. The second-order valence-electron chi connectivity index (χ2n) is 7.07. The number of benzene rings is 3. The van der Waals surface area contributed by atoms with Crippen LogP contribution in [0.3, 0.4) is 0 Å². The van der Waals surface area contributed by atoms with Gasteiger partial charge < -0.3 is 67.8 Å². The van der Waals surface area contributed by atoms with Crippen LogP contribution in [-0.2, 0) is 0 Å². The van der Waals surface area contributed by atoms with Crippen LogP contribution in [0, 0.1) is 0 Å². The lowest BCUT2D eigenvalue weighted by Gasteiger charge is -2.19. The zero-order valence-corrected chi connectivity index (χ0v) is 16.9. The number of rotatable bonds is 3. The molecule has 0 aromatic heterocycles. The third kappa shape index (κ3) is 3.19. The monoisotopic (exact) mass is 439 g/mol. The van der Waals surface area contributed by atoms with Crippen molar-refractivity contribution < 1.29 is 9.53 Å². The molecule has 22 N–H and O–H groups in total. The van der Waals surface area contributed by atoms with Crippen molar-refractivity contribution in [1.29, 1.82) is 0 Å². The van der Waals surface area contributed by atoms with Gasteiger partial charge in [0.1, 0.15) is 11.3 Å². The van der Waals surface area contributed by atoms with Gasteiger partial charge >= 0.3 is 5.97 Å². The number of hydrogen-bond acceptors (Lipinski definition) is 13. The van der Waals surface area contributed by atoms with Crippen molar-refractivity contribution in [3.05, 3.63) is 23.8 Å². The zero-order valence-electron chi connectivity index (χ0n) is 16.9. The first-order valence-corrected chi connectivity index (χ1v) is 9.02. The number of carbonyl (C=O) groups is 1. The van der Waals surface area contributed by atoms with E-state index in [4.69, 9.17) is 67.8 Å². The fraction of sp³-hybridized carbons (Fsp3) is 0. The minimum Gasteiger partial charge on any atom is -0.420 e. The highest BCUT2D eigenvalue weighted by molar-refractivity contribution is 6.10. The Morgan fingerprint density at radius 3 is 1.72 bits per heavy atom. The Labute approximate surface area is 182 Å². The molecule has 0 amide bonds. The fourth-order valence-electron chi connectivity index (χ4n) is 3.20. The molecule has 13 heteroatoms. The number of hydrogen-bond donors (Lipinski definition) is 11. The summed E-state index contributed by atoms with van der Waals surface area (Å²) in [5, 5.41) is 0. The van der Waals surface area contributed by atoms with E-state index in [2.05, 4.69) is 0 Å². The van der Waals surface area contributed by atoms with E-state index in [1.165, 1.54) is 18.2 Å². The van der Waals surface area contributed by atoms with Gasteiger partial charge in [0, 0.05) is 28.6 Å². The lowest BCUT2D eigenvalue weighted by molar-refractivity contribution is 0.0738. The molecule has 0 radical (unpaired) electrons. The molecule has 3 rings (SSSR count). The highest BCUT2D eigenvalue weighted by Crippen LogP contribution is 2.45. The maximum absolute atomic E-state index is 12.9. The summed E-state index contributed by atoms with van der Waals surface area (Å²) in [5.74, 6) is -1.08. The van der Waals surface area contributed by atoms with Crippen molar-refractivity contribution >= 4 is 68.5 Å². The van der Waals surface area contributed by atoms with Crippen LogP contribution in [0.5, 0.6) is 5.75 Å². The van der Waals surface area contributed by atoms with E-state index in [-0.39, 0.29) is 85.0 Å². The van der Waals surface area contributed by atoms with E-state index in [0.29, 0.717) is 0 Å². The van der Waals surface area contributed by atoms with E-state index in [1.54, 1.807) is 0 Å². The van der Waals surface area contributed by atoms with Crippen molar-refractivity contribution in [3.63, 3.8) is 0 Å². The standard InChI is InChI=1S/C19H25N11O2/c20-5-1-4(10-6(21)2-7(22)13(25)16(10)28)12(24)17(29)11(5)19(31)32-9-3-8(23)14(26)18(30)15(9)27/h1-3H,20-30H2. The van der Waals surface area contributed by atoms with Crippen LogP contribution < -0.4 is 67.8 Å². The summed E-state index contributed by atoms with van der Waals surface area (Å²) < 4.78 is 5.31. The summed E-state index contributed by atoms with van der Waals surface area (Å²) in [7, 11) is 0. The van der Waals surface area contributed by atoms with E-state index < -0.39 is 5.97 Å². The quantitative estimate of drug-likeness (QED) is 0.145. The third-order valence-corrected chi connectivity index (χ3v) is 5.03. The maximum Gasteiger partial charge on any atom is 0.347 e. The van der Waals surface area contributed by atoms with Crippen LogP contribution in [0.1, 0.15) is 10.4 Å². The molecule has 0 aliphatic rings. The highest BCUT2D eigenvalue weighted by Gasteiger charge is 2.25. The minimum atomic E-state index is -0.953. The molecule has 0 heterocycles. The summed E-state index contributed by atoms with van der Waals surface area (Å²) in [5.41, 5.74) is 66.0. The van der Waals surface area contributed by atoms with E-state index >= 15 is 0 Å². The molecule has 0 aliphatic heterocycles. The first kappa shape index (κ1) is 21.6. The second kappa shape index (κ2) is 7.32. The molecule has 0 bridgehead atoms. The zero-order chi connectivity index (χ0) is 24.1. The minimum absolute atomic E-state index is 0.0296. The molecule has 0 unspecified atom stereocenters. The van der Waals surface area contributed by atoms with Gasteiger partial charge in [-0.2, -0.15) is 0 Å². The molecule has 0 fully saturated rings. The molecule has 0 aliphatic carbocycles. The van der Waals surface area contributed by atoms with Gasteiger partial charge in [0.05, 0.1) is 45.5 Å². The van der Waals surface area contributed by atoms with E-state index in [1.807, 2.05) is 0 Å². The first-order valence-electron chi connectivity index (χ1n) is 9.02. The van der Waals surface area contributed by atoms with Gasteiger partial charge in [0.2, 0.25) is 0 Å². The Morgan fingerprint density at radius 1 is 0.531 bits per heavy atom. The van der Waals surface area contributed by atoms with Gasteiger partial charge in [-0.05, 0) is 12.1 Å². The Balaban J connectivity index is 2.12. The predicted molar refractivity (Wildman–Crippen MR) is 132 cm³/mol. The molecule has 0 saturated heterocycles. The molecular weight excluding hydrogens is 414 g/mol. The highest BCUT2D eigenvalue weighted by atomic mass is 16.5. The van der Waals surface area contributed by atoms with Crippen molar-refractivity contribution in [2.24, 2.45) is 0 Å². The van der Waals surface area contributed by atoms with Gasteiger partial charge in [0.15, 0.2) is 5.75 Å². The van der Waals surface area contributed by atoms with Crippen LogP contribution in [-0.4, -0.2) is 5.97 Å². The van der Waals surface area contributed by atoms with E-state index in [9.17, 15) is 4.79 Å². The molecule has 3 aromatic carbocycles. The lowest BCUT2D eigenvalue weighted by Crippen LogP contribution is -2.17. The molecule has 0 spiro atoms. The maximum atomic E-state index is 12.9. The Morgan fingerprint density at radius 2 is 1.09 bits per heavy atom. The Kier molecular flexibility index (Phi) is 4.95. The summed E-state index contributed by atoms with van der Waals surface area (Å²) in [6, 6.07) is 4.05. The largest absolute Gasteiger partial charge is 0.420 e. The summed E-state index contributed by atoms with van der Waals surface area (Å²) in [4.78, 5) is 12.9. The van der Waals surface area contributed by atoms with Crippen molar-refractivity contribution in [2.45, 2.75) is 0 Å². The fourth-order valence-corrected chi connectivity index (χ4v) is 3.20. The van der Waals surface area contributed by atoms with Gasteiger partial charge in [-0.1, -0.05) is 0 Å². The normalized spacial score (nSPS) is 10.8. The second-order valence-corrected chi connectivity index (χ2v) is 7.07. The molecule has 0 atom stereocenters. The van der Waals surface area contributed by atoms with Crippen LogP contribution in [0.2, 0.25) is 0 Å². The van der Waals surface area contributed by atoms with Crippen LogP contribution >= 0.6 is 0 Å². The smallest absolute Gasteiger partial charge is 0.347 e. The molecule has 168 valence electrons. The average molecular weight is 439 g/mol. The molecule has 13 nitrogen and oxygen atoms in total. The van der Waals surface area contributed by atoms with Crippen molar-refractivity contribution in [2.75, 3.05) is 63.1 Å². The Bertz CT molecular complexity index is 1290. The molecule has 32 heavy (non-hydrogen) atoms. The predicted octanol–water partition coefficient (Wildman–Crippen LogP) is -0.0230. The van der Waals surface area contributed by atoms with Crippen molar-refractivity contribution in [3.8, 4) is 16.9 Å². The number of anilines is 11. The van der Waals surface area contributed by atoms with Crippen LogP contribution in [0.15, 0.2) is 18.2 Å². The van der Waals surface area contributed by atoms with E-state index in [0.717, 1.165) is 0 Å². The lowest BCUT2D eigenvalue weighted by atomic mass is 9.94. The third-order valence-electron chi connectivity index (χ3n) is 5.03. The Hall–Kier alpha value is -5.07. The molecular formula is C19H25N11O2. The van der Waals surface area contributed by atoms with Gasteiger partial charge in [-0.15, -0.1) is 0 Å². The van der Waals surface area contributed by atoms with Crippen LogP contribution in [0.25, 0.3) is 11.1 Å². The number of nitrogens with two attached hydrogens (primary N) is 11. The van der Waals surface area contributed by atoms with Gasteiger partial charge in [0.25, 0.3) is 0 Å². The van der Waals surface area contributed by atoms with Crippen molar-refractivity contribution in [1.82, 2.24) is 0 Å². The topological polar surface area (TPSA) is 313 Å². The number of carbonyl (C=O) groups excluding carboxylic acids is 1. The number of nitrogen functional groups attached to an aromatic ring is 11. The summed E-state index contributed by atoms with van der Waals surface area (Å²) in [6.07, 6.45) is 0. The average Bonchev–Trinajstić information content (AvgIpc) is 2.72. The summed E-state index contributed by atoms with van der Waals surface area (Å²) >= 11 is 0. The molecule has 0 saturated carbocycles. The summed E-state index contributed by atoms with van der Waals surface area (Å²) in [6.45, 7) is 0. The SMILES string of the molecule is Nc1cc(OC(=O)c2c(N)cc(-c3c(N)cc(N)c(N)c3N)c(N)c2N)c(N)c(N)c1N. The van der Waals surface area contributed by atoms with Gasteiger partial charge in [-0.3, -0.25) is 0 Å². The number of esters is 1. The molecule has 3 aromatic rings.